The van der Waals surface area contributed by atoms with Crippen molar-refractivity contribution < 1.29 is 4.74 Å². The Morgan fingerprint density at radius 1 is 1.62 bits per heavy atom. The first-order valence-electron chi connectivity index (χ1n) is 4.31. The van der Waals surface area contributed by atoms with Crippen molar-refractivity contribution in [3.05, 3.63) is 16.1 Å². The molecular formula is C9H15NOS2. The third-order valence-corrected chi connectivity index (χ3v) is 3.68. The van der Waals surface area contributed by atoms with Gasteiger partial charge in [-0.1, -0.05) is 0 Å². The minimum absolute atomic E-state index is 0.865. The molecule has 0 amide bonds. The SMILES string of the molecule is COCCCSCc1ncc(C)s1. The number of aryl methyl sites for hydroxylation is 1. The van der Waals surface area contributed by atoms with E-state index in [1.165, 1.54) is 9.88 Å². The maximum Gasteiger partial charge on any atom is 0.103 e. The topological polar surface area (TPSA) is 22.1 Å². The van der Waals surface area contributed by atoms with Gasteiger partial charge in [0, 0.05) is 30.5 Å². The zero-order chi connectivity index (χ0) is 9.52. The highest BCUT2D eigenvalue weighted by atomic mass is 32.2. The van der Waals surface area contributed by atoms with Gasteiger partial charge in [-0.2, -0.15) is 11.8 Å². The Labute approximate surface area is 87.7 Å². The van der Waals surface area contributed by atoms with Gasteiger partial charge in [0.25, 0.3) is 0 Å². The fraction of sp³-hybridized carbons (Fsp3) is 0.667. The molecule has 1 aromatic heterocycles. The van der Waals surface area contributed by atoms with Crippen LogP contribution >= 0.6 is 23.1 Å². The molecule has 0 bridgehead atoms. The zero-order valence-electron chi connectivity index (χ0n) is 8.08. The van der Waals surface area contributed by atoms with E-state index in [4.69, 9.17) is 4.74 Å². The molecule has 0 saturated heterocycles. The first-order valence-corrected chi connectivity index (χ1v) is 6.28. The lowest BCUT2D eigenvalue weighted by molar-refractivity contribution is 0.200. The molecule has 0 atom stereocenters. The van der Waals surface area contributed by atoms with E-state index in [9.17, 15) is 0 Å². The second-order valence-corrected chi connectivity index (χ2v) is 5.19. The predicted molar refractivity (Wildman–Crippen MR) is 59.5 cm³/mol. The lowest BCUT2D eigenvalue weighted by Crippen LogP contribution is -1.90. The maximum absolute atomic E-state index is 4.97. The average Bonchev–Trinajstić information content (AvgIpc) is 2.51. The molecule has 1 rings (SSSR count). The van der Waals surface area contributed by atoms with E-state index in [2.05, 4.69) is 11.9 Å². The maximum atomic E-state index is 4.97. The molecule has 0 N–H and O–H groups in total. The number of methoxy groups -OCH3 is 1. The van der Waals surface area contributed by atoms with E-state index in [1.54, 1.807) is 18.4 Å². The molecule has 1 aromatic rings. The first kappa shape index (κ1) is 11.0. The van der Waals surface area contributed by atoms with Gasteiger partial charge in [0.05, 0.1) is 0 Å². The monoisotopic (exact) mass is 217 g/mol. The molecule has 0 aliphatic rings. The molecule has 0 fully saturated rings. The van der Waals surface area contributed by atoms with Gasteiger partial charge in [-0.05, 0) is 19.1 Å². The van der Waals surface area contributed by atoms with E-state index < -0.39 is 0 Å². The van der Waals surface area contributed by atoms with Crippen LogP contribution in [-0.4, -0.2) is 24.5 Å². The summed E-state index contributed by atoms with van der Waals surface area (Å²) in [6.07, 6.45) is 3.07. The molecule has 13 heavy (non-hydrogen) atoms. The van der Waals surface area contributed by atoms with Crippen molar-refractivity contribution in [1.82, 2.24) is 4.98 Å². The summed E-state index contributed by atoms with van der Waals surface area (Å²) in [5.41, 5.74) is 0. The molecule has 0 saturated carbocycles. The van der Waals surface area contributed by atoms with Crippen LogP contribution in [0.1, 0.15) is 16.3 Å². The average molecular weight is 217 g/mol. The molecule has 0 radical (unpaired) electrons. The lowest BCUT2D eigenvalue weighted by atomic mass is 10.5. The van der Waals surface area contributed by atoms with Gasteiger partial charge in [-0.3, -0.25) is 0 Å². The Morgan fingerprint density at radius 2 is 2.46 bits per heavy atom. The predicted octanol–water partition coefficient (Wildman–Crippen LogP) is 2.72. The largest absolute Gasteiger partial charge is 0.385 e. The summed E-state index contributed by atoms with van der Waals surface area (Å²) in [6, 6.07) is 0. The van der Waals surface area contributed by atoms with E-state index in [0.717, 1.165) is 24.5 Å². The zero-order valence-corrected chi connectivity index (χ0v) is 9.71. The number of aromatic nitrogens is 1. The molecular weight excluding hydrogens is 202 g/mol. The number of thioether (sulfide) groups is 1. The molecule has 74 valence electrons. The summed E-state index contributed by atoms with van der Waals surface area (Å²) in [5.74, 6) is 2.20. The Kier molecular flexibility index (Phi) is 5.43. The number of rotatable bonds is 6. The molecule has 0 aliphatic heterocycles. The number of nitrogens with zero attached hydrogens (tertiary/aromatic N) is 1. The van der Waals surface area contributed by atoms with Crippen LogP contribution in [0.25, 0.3) is 0 Å². The van der Waals surface area contributed by atoms with E-state index in [0.29, 0.717) is 0 Å². The molecule has 0 aromatic carbocycles. The third-order valence-electron chi connectivity index (χ3n) is 1.53. The smallest absolute Gasteiger partial charge is 0.103 e. The second-order valence-electron chi connectivity index (χ2n) is 2.76. The van der Waals surface area contributed by atoms with Gasteiger partial charge in [-0.15, -0.1) is 11.3 Å². The Hall–Kier alpha value is -0.0600. The van der Waals surface area contributed by atoms with Gasteiger partial charge in [0.1, 0.15) is 5.01 Å². The summed E-state index contributed by atoms with van der Waals surface area (Å²) in [5, 5.41) is 1.24. The van der Waals surface area contributed by atoms with Gasteiger partial charge >= 0.3 is 0 Å². The minimum atomic E-state index is 0.865. The van der Waals surface area contributed by atoms with E-state index in [-0.39, 0.29) is 0 Å². The van der Waals surface area contributed by atoms with Crippen LogP contribution < -0.4 is 0 Å². The van der Waals surface area contributed by atoms with Gasteiger partial charge in [-0.25, -0.2) is 4.98 Å². The number of thiazole rings is 1. The highest BCUT2D eigenvalue weighted by Crippen LogP contribution is 2.18. The quantitative estimate of drug-likeness (QED) is 0.684. The normalized spacial score (nSPS) is 10.6. The molecule has 0 aliphatic carbocycles. The van der Waals surface area contributed by atoms with E-state index >= 15 is 0 Å². The molecule has 0 unspecified atom stereocenters. The summed E-state index contributed by atoms with van der Waals surface area (Å²) in [4.78, 5) is 5.60. The second kappa shape index (κ2) is 6.40. The number of ether oxygens (including phenoxy) is 1. The van der Waals surface area contributed by atoms with Crippen LogP contribution in [0.5, 0.6) is 0 Å². The standard InChI is InChI=1S/C9H15NOS2/c1-8-6-10-9(13-8)7-12-5-3-4-11-2/h6H,3-5,7H2,1-2H3. The summed E-state index contributed by atoms with van der Waals surface area (Å²) in [6.45, 7) is 2.96. The van der Waals surface area contributed by atoms with Crippen molar-refractivity contribution in [2.75, 3.05) is 19.5 Å². The third kappa shape index (κ3) is 4.64. The number of hydrogen-bond acceptors (Lipinski definition) is 4. The summed E-state index contributed by atoms with van der Waals surface area (Å²) >= 11 is 3.72. The Morgan fingerprint density at radius 3 is 3.08 bits per heavy atom. The van der Waals surface area contributed by atoms with E-state index in [1.807, 2.05) is 18.0 Å². The lowest BCUT2D eigenvalue weighted by Gasteiger charge is -1.97. The van der Waals surface area contributed by atoms with Crippen LogP contribution in [0.3, 0.4) is 0 Å². The van der Waals surface area contributed by atoms with Crippen LogP contribution in [0, 0.1) is 6.92 Å². The summed E-state index contributed by atoms with van der Waals surface area (Å²) in [7, 11) is 1.74. The van der Waals surface area contributed by atoms with Crippen LogP contribution in [-0.2, 0) is 10.5 Å². The van der Waals surface area contributed by atoms with Crippen molar-refractivity contribution in [3.63, 3.8) is 0 Å². The highest BCUT2D eigenvalue weighted by molar-refractivity contribution is 7.98. The molecule has 4 heteroatoms. The van der Waals surface area contributed by atoms with Crippen molar-refractivity contribution >= 4 is 23.1 Å². The van der Waals surface area contributed by atoms with Gasteiger partial charge in [0.2, 0.25) is 0 Å². The summed E-state index contributed by atoms with van der Waals surface area (Å²) < 4.78 is 4.97. The fourth-order valence-corrected chi connectivity index (χ4v) is 2.72. The van der Waals surface area contributed by atoms with Crippen LogP contribution in [0.2, 0.25) is 0 Å². The Bertz CT molecular complexity index is 237. The van der Waals surface area contributed by atoms with Gasteiger partial charge in [0.15, 0.2) is 0 Å². The Balaban J connectivity index is 2.06. The minimum Gasteiger partial charge on any atom is -0.385 e. The first-order chi connectivity index (χ1) is 6.33. The molecule has 1 heterocycles. The van der Waals surface area contributed by atoms with Crippen molar-refractivity contribution in [3.8, 4) is 0 Å². The molecule has 2 nitrogen and oxygen atoms in total. The highest BCUT2D eigenvalue weighted by Gasteiger charge is 1.97. The fourth-order valence-electron chi connectivity index (χ4n) is 0.933. The molecule has 0 spiro atoms. The van der Waals surface area contributed by atoms with Crippen molar-refractivity contribution in [2.24, 2.45) is 0 Å². The van der Waals surface area contributed by atoms with Crippen molar-refractivity contribution in [1.29, 1.82) is 0 Å². The van der Waals surface area contributed by atoms with Gasteiger partial charge < -0.3 is 4.74 Å². The van der Waals surface area contributed by atoms with Crippen molar-refractivity contribution in [2.45, 2.75) is 19.1 Å². The van der Waals surface area contributed by atoms with Crippen LogP contribution in [0.15, 0.2) is 6.20 Å². The van der Waals surface area contributed by atoms with Crippen LogP contribution in [0.4, 0.5) is 0 Å². The number of hydrogen-bond donors (Lipinski definition) is 0.